The molecule has 1 atom stereocenters. The topological polar surface area (TPSA) is 35.6 Å². The lowest BCUT2D eigenvalue weighted by atomic mass is 10.1. The number of nitrogens with one attached hydrogen (secondary N) is 1. The first-order valence-corrected chi connectivity index (χ1v) is 7.89. The van der Waals surface area contributed by atoms with E-state index in [1.54, 1.807) is 0 Å². The average Bonchev–Trinajstić information content (AvgIpc) is 2.51. The number of carbonyl (C=O) groups is 1. The number of piperazine rings is 1. The van der Waals surface area contributed by atoms with Crippen LogP contribution in [0.3, 0.4) is 0 Å². The van der Waals surface area contributed by atoms with E-state index in [4.69, 9.17) is 0 Å². The molecule has 0 aliphatic carbocycles. The van der Waals surface area contributed by atoms with E-state index in [0.717, 1.165) is 43.9 Å². The van der Waals surface area contributed by atoms with Crippen LogP contribution in [0, 0.1) is 13.8 Å². The molecule has 0 aromatic heterocycles. The number of hydrogen-bond acceptors (Lipinski definition) is 2. The molecule has 1 fully saturated rings. The number of amides is 2. The van der Waals surface area contributed by atoms with E-state index in [0.29, 0.717) is 6.04 Å². The zero-order chi connectivity index (χ0) is 15.4. The molecule has 4 heteroatoms. The van der Waals surface area contributed by atoms with Gasteiger partial charge in [0.15, 0.2) is 0 Å². The van der Waals surface area contributed by atoms with Crippen LogP contribution in [0.25, 0.3) is 0 Å². The van der Waals surface area contributed by atoms with E-state index < -0.39 is 0 Å². The van der Waals surface area contributed by atoms with Gasteiger partial charge in [0.25, 0.3) is 0 Å². The first-order valence-electron chi connectivity index (χ1n) is 7.89. The van der Waals surface area contributed by atoms with Crippen LogP contribution in [0.5, 0.6) is 0 Å². The zero-order valence-corrected chi connectivity index (χ0v) is 13.6. The van der Waals surface area contributed by atoms with Crippen LogP contribution in [0.4, 0.5) is 10.5 Å². The summed E-state index contributed by atoms with van der Waals surface area (Å²) in [7, 11) is 0. The van der Waals surface area contributed by atoms with Crippen molar-refractivity contribution in [2.45, 2.75) is 40.2 Å². The van der Waals surface area contributed by atoms with Gasteiger partial charge < -0.3 is 10.2 Å². The minimum absolute atomic E-state index is 0.0208. The molecule has 0 bridgehead atoms. The van der Waals surface area contributed by atoms with Gasteiger partial charge in [-0.3, -0.25) is 4.90 Å². The van der Waals surface area contributed by atoms with Gasteiger partial charge in [-0.2, -0.15) is 0 Å². The molecule has 4 nitrogen and oxygen atoms in total. The highest BCUT2D eigenvalue weighted by Crippen LogP contribution is 2.19. The van der Waals surface area contributed by atoms with Crippen LogP contribution in [0.15, 0.2) is 18.2 Å². The van der Waals surface area contributed by atoms with Crippen LogP contribution in [0.2, 0.25) is 0 Å². The van der Waals surface area contributed by atoms with Crippen LogP contribution in [0.1, 0.15) is 31.4 Å². The molecule has 0 spiro atoms. The van der Waals surface area contributed by atoms with E-state index >= 15 is 0 Å². The highest BCUT2D eigenvalue weighted by Gasteiger charge is 2.23. The van der Waals surface area contributed by atoms with Crippen LogP contribution < -0.4 is 5.32 Å². The number of hydrogen-bond donors (Lipinski definition) is 1. The largest absolute Gasteiger partial charge is 0.322 e. The molecular weight excluding hydrogens is 262 g/mol. The first-order chi connectivity index (χ1) is 10.0. The van der Waals surface area contributed by atoms with Gasteiger partial charge in [0.1, 0.15) is 0 Å². The molecule has 2 amide bonds. The van der Waals surface area contributed by atoms with Gasteiger partial charge in [-0.25, -0.2) is 4.79 Å². The second kappa shape index (κ2) is 6.94. The average molecular weight is 289 g/mol. The maximum atomic E-state index is 12.4. The maximum Gasteiger partial charge on any atom is 0.321 e. The van der Waals surface area contributed by atoms with Crippen LogP contribution >= 0.6 is 0 Å². The summed E-state index contributed by atoms with van der Waals surface area (Å²) in [4.78, 5) is 16.8. The van der Waals surface area contributed by atoms with E-state index in [2.05, 4.69) is 37.1 Å². The fraction of sp³-hybridized carbons (Fsp3) is 0.588. The second-order valence-electron chi connectivity index (χ2n) is 5.96. The van der Waals surface area contributed by atoms with Crippen molar-refractivity contribution in [3.63, 3.8) is 0 Å². The van der Waals surface area contributed by atoms with Crippen molar-refractivity contribution in [1.29, 1.82) is 0 Å². The Balaban J connectivity index is 1.92. The minimum Gasteiger partial charge on any atom is -0.322 e. The number of carbonyl (C=O) groups excluding carboxylic acids is 1. The molecule has 1 heterocycles. The normalized spacial score (nSPS) is 17.6. The minimum atomic E-state index is 0.0208. The van der Waals surface area contributed by atoms with E-state index in [1.807, 2.05) is 24.0 Å². The molecule has 0 saturated carbocycles. The molecule has 1 unspecified atom stereocenters. The van der Waals surface area contributed by atoms with E-state index in [-0.39, 0.29) is 6.03 Å². The van der Waals surface area contributed by atoms with Crippen LogP contribution in [-0.4, -0.2) is 48.1 Å². The Kier molecular flexibility index (Phi) is 5.23. The summed E-state index contributed by atoms with van der Waals surface area (Å²) in [6, 6.07) is 6.64. The summed E-state index contributed by atoms with van der Waals surface area (Å²) >= 11 is 0. The van der Waals surface area contributed by atoms with Gasteiger partial charge >= 0.3 is 6.03 Å². The Bertz CT molecular complexity index is 493. The van der Waals surface area contributed by atoms with Crippen molar-refractivity contribution < 1.29 is 4.79 Å². The van der Waals surface area contributed by atoms with Gasteiger partial charge in [-0.15, -0.1) is 0 Å². The zero-order valence-electron chi connectivity index (χ0n) is 13.6. The van der Waals surface area contributed by atoms with Crippen molar-refractivity contribution >= 4 is 11.7 Å². The predicted molar refractivity (Wildman–Crippen MR) is 87.8 cm³/mol. The Labute approximate surface area is 128 Å². The Morgan fingerprint density at radius 2 is 1.90 bits per heavy atom. The SMILES string of the molecule is CCC(C)N1CCN(C(=O)Nc2cccc(C)c2C)CC1. The fourth-order valence-electron chi connectivity index (χ4n) is 2.70. The summed E-state index contributed by atoms with van der Waals surface area (Å²) in [5.41, 5.74) is 3.27. The smallest absolute Gasteiger partial charge is 0.321 e. The van der Waals surface area contributed by atoms with Crippen molar-refractivity contribution in [3.05, 3.63) is 29.3 Å². The lowest BCUT2D eigenvalue weighted by molar-refractivity contribution is 0.117. The number of anilines is 1. The summed E-state index contributed by atoms with van der Waals surface area (Å²) in [6.07, 6.45) is 1.16. The number of urea groups is 1. The highest BCUT2D eigenvalue weighted by atomic mass is 16.2. The molecule has 1 saturated heterocycles. The van der Waals surface area contributed by atoms with Gasteiger partial charge in [0, 0.05) is 37.9 Å². The van der Waals surface area contributed by atoms with Crippen molar-refractivity contribution in [2.24, 2.45) is 0 Å². The molecule has 1 aliphatic rings. The van der Waals surface area contributed by atoms with Gasteiger partial charge in [0.2, 0.25) is 0 Å². The van der Waals surface area contributed by atoms with Gasteiger partial charge in [0.05, 0.1) is 0 Å². The third-order valence-electron chi connectivity index (χ3n) is 4.66. The summed E-state index contributed by atoms with van der Waals surface area (Å²) in [6.45, 7) is 12.1. The lowest BCUT2D eigenvalue weighted by Crippen LogP contribution is -2.52. The summed E-state index contributed by atoms with van der Waals surface area (Å²) in [5.74, 6) is 0. The third kappa shape index (κ3) is 3.76. The van der Waals surface area contributed by atoms with E-state index in [9.17, 15) is 4.79 Å². The molecule has 1 aliphatic heterocycles. The molecule has 116 valence electrons. The molecule has 1 aromatic rings. The fourth-order valence-corrected chi connectivity index (χ4v) is 2.70. The van der Waals surface area contributed by atoms with Crippen molar-refractivity contribution in [2.75, 3.05) is 31.5 Å². The highest BCUT2D eigenvalue weighted by molar-refractivity contribution is 5.90. The van der Waals surface area contributed by atoms with Gasteiger partial charge in [-0.1, -0.05) is 19.1 Å². The third-order valence-corrected chi connectivity index (χ3v) is 4.66. The first kappa shape index (κ1) is 15.8. The van der Waals surface area contributed by atoms with Gasteiger partial charge in [-0.05, 0) is 44.4 Å². The Morgan fingerprint density at radius 3 is 2.52 bits per heavy atom. The quantitative estimate of drug-likeness (QED) is 0.927. The summed E-state index contributed by atoms with van der Waals surface area (Å²) < 4.78 is 0. The number of nitrogens with zero attached hydrogens (tertiary/aromatic N) is 2. The predicted octanol–water partition coefficient (Wildman–Crippen LogP) is 3.25. The summed E-state index contributed by atoms with van der Waals surface area (Å²) in [5, 5.41) is 3.05. The maximum absolute atomic E-state index is 12.4. The number of benzene rings is 1. The van der Waals surface area contributed by atoms with Crippen molar-refractivity contribution in [1.82, 2.24) is 9.80 Å². The molecule has 0 radical (unpaired) electrons. The lowest BCUT2D eigenvalue weighted by Gasteiger charge is -2.37. The molecule has 1 N–H and O–H groups in total. The molecule has 21 heavy (non-hydrogen) atoms. The monoisotopic (exact) mass is 289 g/mol. The molecular formula is C17H27N3O. The molecule has 1 aromatic carbocycles. The van der Waals surface area contributed by atoms with Crippen molar-refractivity contribution in [3.8, 4) is 0 Å². The number of aryl methyl sites for hydroxylation is 1. The second-order valence-corrected chi connectivity index (χ2v) is 5.96. The van der Waals surface area contributed by atoms with Crippen LogP contribution in [-0.2, 0) is 0 Å². The Hall–Kier alpha value is -1.55. The number of rotatable bonds is 3. The van der Waals surface area contributed by atoms with E-state index in [1.165, 1.54) is 5.56 Å². The molecule has 2 rings (SSSR count). The standard InChI is InChI=1S/C17H27N3O/c1-5-14(3)19-9-11-20(12-10-19)17(21)18-16-8-6-7-13(2)15(16)4/h6-8,14H,5,9-12H2,1-4H3,(H,18,21). The Morgan fingerprint density at radius 1 is 1.24 bits per heavy atom.